The van der Waals surface area contributed by atoms with Gasteiger partial charge in [0.05, 0.1) is 10.2 Å². The maximum Gasteiger partial charge on any atom is 0.433 e. The highest BCUT2D eigenvalue weighted by Crippen LogP contribution is 2.30. The summed E-state index contributed by atoms with van der Waals surface area (Å²) in [5.74, 6) is -0.110. The number of halogens is 3. The highest BCUT2D eigenvalue weighted by molar-refractivity contribution is 7.22. The number of thiazole rings is 1. The van der Waals surface area contributed by atoms with Gasteiger partial charge < -0.3 is 0 Å². The summed E-state index contributed by atoms with van der Waals surface area (Å²) in [6.45, 7) is 1.49. The van der Waals surface area contributed by atoms with E-state index in [0.29, 0.717) is 5.13 Å². The van der Waals surface area contributed by atoms with Gasteiger partial charge in [0.2, 0.25) is 5.95 Å². The van der Waals surface area contributed by atoms with E-state index >= 15 is 0 Å². The van der Waals surface area contributed by atoms with Gasteiger partial charge in [-0.2, -0.15) is 13.2 Å². The predicted octanol–water partition coefficient (Wildman–Crippen LogP) is 4.16. The second-order valence-corrected chi connectivity index (χ2v) is 5.36. The third-order valence-corrected chi connectivity index (χ3v) is 3.61. The van der Waals surface area contributed by atoms with E-state index in [1.165, 1.54) is 18.3 Å². The summed E-state index contributed by atoms with van der Waals surface area (Å²) in [6, 6.07) is 8.33. The first kappa shape index (κ1) is 13.7. The molecule has 3 aromatic rings. The van der Waals surface area contributed by atoms with Crippen molar-refractivity contribution in [3.05, 3.63) is 41.7 Å². The molecule has 0 aliphatic carbocycles. The lowest BCUT2D eigenvalue weighted by atomic mass is 10.3. The van der Waals surface area contributed by atoms with Crippen LogP contribution in [0.15, 0.2) is 30.3 Å². The number of hydrogen-bond acceptors (Lipinski definition) is 5. The molecule has 4 nitrogen and oxygen atoms in total. The van der Waals surface area contributed by atoms with Crippen molar-refractivity contribution in [3.8, 4) is 0 Å². The molecule has 8 heteroatoms. The van der Waals surface area contributed by atoms with Crippen LogP contribution < -0.4 is 5.32 Å². The monoisotopic (exact) mass is 310 g/mol. The summed E-state index contributed by atoms with van der Waals surface area (Å²) in [4.78, 5) is 11.7. The van der Waals surface area contributed by atoms with Crippen molar-refractivity contribution < 1.29 is 13.2 Å². The van der Waals surface area contributed by atoms with Crippen LogP contribution in [0.1, 0.15) is 11.4 Å². The molecule has 0 radical (unpaired) electrons. The first-order chi connectivity index (χ1) is 9.91. The molecule has 2 heterocycles. The topological polar surface area (TPSA) is 50.7 Å². The number of hydrogen-bond donors (Lipinski definition) is 1. The summed E-state index contributed by atoms with van der Waals surface area (Å²) < 4.78 is 39.1. The van der Waals surface area contributed by atoms with Gasteiger partial charge in [0.15, 0.2) is 5.13 Å². The minimum atomic E-state index is -4.50. The minimum absolute atomic E-state index is 0.110. The van der Waals surface area contributed by atoms with Crippen molar-refractivity contribution in [1.82, 2.24) is 15.0 Å². The second-order valence-electron chi connectivity index (χ2n) is 4.33. The van der Waals surface area contributed by atoms with Crippen LogP contribution in [-0.4, -0.2) is 15.0 Å². The normalized spacial score (nSPS) is 11.8. The Bertz CT molecular complexity index is 764. The number of aromatic nitrogens is 3. The van der Waals surface area contributed by atoms with E-state index in [9.17, 15) is 13.2 Å². The lowest BCUT2D eigenvalue weighted by Crippen LogP contribution is -2.11. The van der Waals surface area contributed by atoms with Crippen LogP contribution in [0.4, 0.5) is 24.3 Å². The maximum atomic E-state index is 12.7. The Hall–Kier alpha value is -2.22. The van der Waals surface area contributed by atoms with E-state index in [2.05, 4.69) is 20.3 Å². The predicted molar refractivity (Wildman–Crippen MR) is 74.7 cm³/mol. The van der Waals surface area contributed by atoms with Crippen LogP contribution >= 0.6 is 11.3 Å². The number of anilines is 2. The maximum absolute atomic E-state index is 12.7. The summed E-state index contributed by atoms with van der Waals surface area (Å²) in [6.07, 6.45) is -4.50. The summed E-state index contributed by atoms with van der Waals surface area (Å²) in [7, 11) is 0. The quantitative estimate of drug-likeness (QED) is 0.772. The van der Waals surface area contributed by atoms with Crippen molar-refractivity contribution in [1.29, 1.82) is 0 Å². The third-order valence-electron chi connectivity index (χ3n) is 2.66. The molecule has 2 aromatic heterocycles. The Kier molecular flexibility index (Phi) is 3.25. The molecule has 1 N–H and O–H groups in total. The molecule has 0 unspecified atom stereocenters. The number of benzene rings is 1. The van der Waals surface area contributed by atoms with Crippen LogP contribution in [0.5, 0.6) is 0 Å². The first-order valence-corrected chi connectivity index (χ1v) is 6.79. The van der Waals surface area contributed by atoms with Crippen LogP contribution in [0.3, 0.4) is 0 Å². The summed E-state index contributed by atoms with van der Waals surface area (Å²) >= 11 is 1.33. The highest BCUT2D eigenvalue weighted by atomic mass is 32.1. The smallest absolute Gasteiger partial charge is 0.300 e. The van der Waals surface area contributed by atoms with Gasteiger partial charge in [-0.3, -0.25) is 5.32 Å². The molecular weight excluding hydrogens is 301 g/mol. The fraction of sp³-hybridized carbons (Fsp3) is 0.154. The Balaban J connectivity index is 1.95. The van der Waals surface area contributed by atoms with E-state index in [1.54, 1.807) is 0 Å². The zero-order valence-corrected chi connectivity index (χ0v) is 11.6. The van der Waals surface area contributed by atoms with Crippen LogP contribution in [0.25, 0.3) is 10.2 Å². The number of nitrogens with one attached hydrogen (secondary N) is 1. The lowest BCUT2D eigenvalue weighted by molar-refractivity contribution is -0.141. The SMILES string of the molecule is Cc1cc(C(F)(F)F)nc(Nc2nc3ccccc3s2)n1. The molecule has 108 valence electrons. The average Bonchev–Trinajstić information content (AvgIpc) is 2.79. The third kappa shape index (κ3) is 2.94. The van der Waals surface area contributed by atoms with Crippen molar-refractivity contribution >= 4 is 32.6 Å². The molecular formula is C13H9F3N4S. The van der Waals surface area contributed by atoms with Gasteiger partial charge in [-0.05, 0) is 25.1 Å². The van der Waals surface area contributed by atoms with Crippen LogP contribution in [-0.2, 0) is 6.18 Å². The zero-order chi connectivity index (χ0) is 15.0. The molecule has 1 aromatic carbocycles. The van der Waals surface area contributed by atoms with Crippen LogP contribution in [0.2, 0.25) is 0 Å². The van der Waals surface area contributed by atoms with E-state index in [4.69, 9.17) is 0 Å². The minimum Gasteiger partial charge on any atom is -0.300 e. The standard InChI is InChI=1S/C13H9F3N4S/c1-7-6-10(13(14,15)16)19-11(17-7)20-12-18-8-4-2-3-5-9(8)21-12/h2-6H,1H3,(H,17,18,19,20). The van der Waals surface area contributed by atoms with Gasteiger partial charge in [-0.25, -0.2) is 15.0 Å². The van der Waals surface area contributed by atoms with Crippen molar-refractivity contribution in [3.63, 3.8) is 0 Å². The number of fused-ring (bicyclic) bond motifs is 1. The molecule has 0 aliphatic rings. The molecule has 0 amide bonds. The Labute approximate surface area is 121 Å². The Morgan fingerprint density at radius 2 is 1.86 bits per heavy atom. The van der Waals surface area contributed by atoms with Gasteiger partial charge in [-0.15, -0.1) is 0 Å². The zero-order valence-electron chi connectivity index (χ0n) is 10.8. The largest absolute Gasteiger partial charge is 0.433 e. The number of rotatable bonds is 2. The van der Waals surface area contributed by atoms with Crippen molar-refractivity contribution in [2.24, 2.45) is 0 Å². The fourth-order valence-electron chi connectivity index (χ4n) is 1.79. The number of alkyl halides is 3. The van der Waals surface area contributed by atoms with Crippen molar-refractivity contribution in [2.75, 3.05) is 5.32 Å². The molecule has 0 atom stereocenters. The summed E-state index contributed by atoms with van der Waals surface area (Å²) in [5, 5.41) is 3.19. The molecule has 0 aliphatic heterocycles. The fourth-order valence-corrected chi connectivity index (χ4v) is 2.65. The van der Waals surface area contributed by atoms with Crippen molar-refractivity contribution in [2.45, 2.75) is 13.1 Å². The van der Waals surface area contributed by atoms with Gasteiger partial charge in [0.25, 0.3) is 0 Å². The van der Waals surface area contributed by atoms with Gasteiger partial charge in [-0.1, -0.05) is 23.5 Å². The number of para-hydroxylation sites is 1. The highest BCUT2D eigenvalue weighted by Gasteiger charge is 2.33. The molecule has 3 rings (SSSR count). The number of aryl methyl sites for hydroxylation is 1. The average molecular weight is 310 g/mol. The van der Waals surface area contributed by atoms with Gasteiger partial charge in [0.1, 0.15) is 5.69 Å². The first-order valence-electron chi connectivity index (χ1n) is 5.97. The molecule has 0 spiro atoms. The second kappa shape index (κ2) is 4.96. The molecule has 0 saturated carbocycles. The molecule has 0 bridgehead atoms. The van der Waals surface area contributed by atoms with E-state index in [-0.39, 0.29) is 11.6 Å². The Morgan fingerprint density at radius 1 is 1.10 bits per heavy atom. The molecule has 0 fully saturated rings. The molecule has 0 saturated heterocycles. The van der Waals surface area contributed by atoms with Gasteiger partial charge >= 0.3 is 6.18 Å². The van der Waals surface area contributed by atoms with E-state index in [1.807, 2.05) is 24.3 Å². The lowest BCUT2D eigenvalue weighted by Gasteiger charge is -2.08. The Morgan fingerprint density at radius 3 is 2.57 bits per heavy atom. The van der Waals surface area contributed by atoms with Gasteiger partial charge in [0, 0.05) is 5.69 Å². The number of nitrogens with zero attached hydrogens (tertiary/aromatic N) is 3. The van der Waals surface area contributed by atoms with E-state index < -0.39 is 11.9 Å². The molecule has 21 heavy (non-hydrogen) atoms. The van der Waals surface area contributed by atoms with Crippen LogP contribution in [0, 0.1) is 6.92 Å². The summed E-state index contributed by atoms with van der Waals surface area (Å²) in [5.41, 5.74) is 0.0354. The van der Waals surface area contributed by atoms with E-state index in [0.717, 1.165) is 16.3 Å².